The molecule has 1 aliphatic carbocycles. The van der Waals surface area contributed by atoms with E-state index in [4.69, 9.17) is 0 Å². The number of thiazole rings is 1. The van der Waals surface area contributed by atoms with E-state index in [2.05, 4.69) is 15.6 Å². The summed E-state index contributed by atoms with van der Waals surface area (Å²) in [5.74, 6) is -0.714. The summed E-state index contributed by atoms with van der Waals surface area (Å²) in [7, 11) is 0. The Labute approximate surface area is 119 Å². The summed E-state index contributed by atoms with van der Waals surface area (Å²) >= 11 is 1.49. The number of hydrogen-bond donors (Lipinski definition) is 2. The molecule has 1 fully saturated rings. The number of fused-ring (bicyclic) bond motifs is 1. The van der Waals surface area contributed by atoms with Gasteiger partial charge in [-0.05, 0) is 25.7 Å². The molecule has 0 radical (unpaired) electrons. The van der Waals surface area contributed by atoms with Crippen LogP contribution in [-0.2, 0) is 22.4 Å². The van der Waals surface area contributed by atoms with Crippen LogP contribution < -0.4 is 10.6 Å². The van der Waals surface area contributed by atoms with Crippen LogP contribution in [0.1, 0.15) is 23.4 Å². The second-order valence-electron chi connectivity index (χ2n) is 4.85. The van der Waals surface area contributed by atoms with E-state index in [9.17, 15) is 14.4 Å². The van der Waals surface area contributed by atoms with Crippen LogP contribution in [0.25, 0.3) is 0 Å². The highest BCUT2D eigenvalue weighted by atomic mass is 32.1. The Kier molecular flexibility index (Phi) is 3.39. The summed E-state index contributed by atoms with van der Waals surface area (Å²) in [4.78, 5) is 41.0. The van der Waals surface area contributed by atoms with Gasteiger partial charge in [0, 0.05) is 4.88 Å². The van der Waals surface area contributed by atoms with Crippen LogP contribution in [0.5, 0.6) is 0 Å². The van der Waals surface area contributed by atoms with Crippen LogP contribution in [0.4, 0.5) is 9.93 Å². The monoisotopic (exact) mass is 294 g/mol. The first-order chi connectivity index (χ1) is 9.61. The lowest BCUT2D eigenvalue weighted by Crippen LogP contribution is -2.35. The molecule has 0 atom stereocenters. The molecule has 2 N–H and O–H groups in total. The van der Waals surface area contributed by atoms with Gasteiger partial charge in [-0.2, -0.15) is 0 Å². The van der Waals surface area contributed by atoms with Gasteiger partial charge >= 0.3 is 6.03 Å². The van der Waals surface area contributed by atoms with Crippen LogP contribution in [0.15, 0.2) is 0 Å². The van der Waals surface area contributed by atoms with Gasteiger partial charge in [0.2, 0.25) is 11.8 Å². The Morgan fingerprint density at radius 3 is 2.85 bits per heavy atom. The lowest BCUT2D eigenvalue weighted by molar-refractivity contribution is -0.119. The third kappa shape index (κ3) is 2.64. The highest BCUT2D eigenvalue weighted by Crippen LogP contribution is 2.29. The summed E-state index contributed by atoms with van der Waals surface area (Å²) in [6, 6.07) is -0.524. The second-order valence-corrected chi connectivity index (χ2v) is 5.94. The molecular weight excluding hydrogens is 280 g/mol. The van der Waals surface area contributed by atoms with Crippen molar-refractivity contribution in [2.45, 2.75) is 25.7 Å². The summed E-state index contributed by atoms with van der Waals surface area (Å²) in [6.07, 6.45) is 4.29. The zero-order valence-electron chi connectivity index (χ0n) is 10.8. The van der Waals surface area contributed by atoms with E-state index in [-0.39, 0.29) is 24.9 Å². The van der Waals surface area contributed by atoms with Crippen molar-refractivity contribution in [3.05, 3.63) is 10.6 Å². The summed E-state index contributed by atoms with van der Waals surface area (Å²) < 4.78 is 0. The Morgan fingerprint density at radius 1 is 1.35 bits per heavy atom. The minimum atomic E-state index is -0.524. The zero-order chi connectivity index (χ0) is 14.1. The number of carbonyl (C=O) groups excluding carboxylic acids is 3. The normalized spacial score (nSPS) is 17.9. The van der Waals surface area contributed by atoms with Gasteiger partial charge in [0.15, 0.2) is 5.13 Å². The Hall–Kier alpha value is -1.96. The van der Waals surface area contributed by atoms with Gasteiger partial charge in [-0.15, -0.1) is 11.3 Å². The van der Waals surface area contributed by atoms with Crippen LogP contribution in [0, 0.1) is 0 Å². The fraction of sp³-hybridized carbons (Fsp3) is 0.500. The van der Waals surface area contributed by atoms with Gasteiger partial charge in [0.1, 0.15) is 13.1 Å². The second kappa shape index (κ2) is 5.20. The Morgan fingerprint density at radius 2 is 2.15 bits per heavy atom. The summed E-state index contributed by atoms with van der Waals surface area (Å²) in [5, 5.41) is 5.40. The maximum absolute atomic E-state index is 11.9. The molecule has 0 aromatic carbocycles. The molecule has 0 unspecified atom stereocenters. The predicted molar refractivity (Wildman–Crippen MR) is 72.5 cm³/mol. The largest absolute Gasteiger partial charge is 0.325 e. The Bertz CT molecular complexity index is 560. The van der Waals surface area contributed by atoms with Crippen LogP contribution in [-0.4, -0.2) is 40.8 Å². The topological polar surface area (TPSA) is 91.4 Å². The molecule has 0 saturated carbocycles. The van der Waals surface area contributed by atoms with Crippen molar-refractivity contribution in [3.63, 3.8) is 0 Å². The lowest BCUT2D eigenvalue weighted by atomic mass is 10.0. The van der Waals surface area contributed by atoms with Crippen molar-refractivity contribution < 1.29 is 14.4 Å². The number of nitrogens with zero attached hydrogens (tertiary/aromatic N) is 2. The number of nitrogens with one attached hydrogen (secondary N) is 2. The molecule has 1 aliphatic heterocycles. The fourth-order valence-corrected chi connectivity index (χ4v) is 3.41. The fourth-order valence-electron chi connectivity index (χ4n) is 2.35. The smallest absolute Gasteiger partial charge is 0.306 e. The van der Waals surface area contributed by atoms with E-state index in [1.54, 1.807) is 0 Å². The molecular formula is C12H14N4O3S. The number of urea groups is 1. The maximum Gasteiger partial charge on any atom is 0.325 e. The van der Waals surface area contributed by atoms with Crippen molar-refractivity contribution in [2.75, 3.05) is 18.4 Å². The molecule has 8 heteroatoms. The average molecular weight is 294 g/mol. The van der Waals surface area contributed by atoms with E-state index in [1.165, 1.54) is 27.5 Å². The number of aryl methyl sites for hydroxylation is 2. The van der Waals surface area contributed by atoms with Gasteiger partial charge in [-0.3, -0.25) is 14.9 Å². The molecule has 1 aromatic rings. The Balaban J connectivity index is 1.60. The average Bonchev–Trinajstić information content (AvgIpc) is 2.92. The molecule has 2 aliphatic rings. The third-order valence-corrected chi connectivity index (χ3v) is 4.37. The number of rotatable bonds is 3. The first-order valence-electron chi connectivity index (χ1n) is 6.49. The highest BCUT2D eigenvalue weighted by molar-refractivity contribution is 7.15. The minimum Gasteiger partial charge on any atom is -0.306 e. The van der Waals surface area contributed by atoms with Crippen molar-refractivity contribution in [1.82, 2.24) is 15.2 Å². The molecule has 1 saturated heterocycles. The molecule has 0 bridgehead atoms. The number of anilines is 1. The van der Waals surface area contributed by atoms with E-state index in [0.29, 0.717) is 5.13 Å². The van der Waals surface area contributed by atoms with Gasteiger partial charge in [-0.1, -0.05) is 0 Å². The van der Waals surface area contributed by atoms with Crippen molar-refractivity contribution >= 4 is 34.3 Å². The van der Waals surface area contributed by atoms with Crippen molar-refractivity contribution in [1.29, 1.82) is 0 Å². The van der Waals surface area contributed by atoms with E-state index < -0.39 is 6.03 Å². The van der Waals surface area contributed by atoms with Gasteiger partial charge in [0.05, 0.1) is 5.69 Å². The molecule has 4 amide bonds. The molecule has 0 spiro atoms. The number of hydrogen-bond acceptors (Lipinski definition) is 5. The van der Waals surface area contributed by atoms with Crippen LogP contribution in [0.2, 0.25) is 0 Å². The minimum absolute atomic E-state index is 0.0688. The molecule has 7 nitrogen and oxygen atoms in total. The number of aromatic nitrogens is 1. The quantitative estimate of drug-likeness (QED) is 0.795. The SMILES string of the molecule is O=C1CN(CC(=O)Nc2nc3c(s2)CCCC3)C(=O)N1. The zero-order valence-corrected chi connectivity index (χ0v) is 11.6. The lowest BCUT2D eigenvalue weighted by Gasteiger charge is -2.11. The molecule has 1 aromatic heterocycles. The van der Waals surface area contributed by atoms with Gasteiger partial charge in [-0.25, -0.2) is 9.78 Å². The first-order valence-corrected chi connectivity index (χ1v) is 7.30. The number of imide groups is 1. The van der Waals surface area contributed by atoms with Crippen molar-refractivity contribution in [3.8, 4) is 0 Å². The van der Waals surface area contributed by atoms with Crippen LogP contribution >= 0.6 is 11.3 Å². The van der Waals surface area contributed by atoms with Crippen molar-refractivity contribution in [2.24, 2.45) is 0 Å². The summed E-state index contributed by atoms with van der Waals surface area (Å²) in [5.41, 5.74) is 1.07. The first kappa shape index (κ1) is 13.0. The molecule has 20 heavy (non-hydrogen) atoms. The van der Waals surface area contributed by atoms with Gasteiger partial charge < -0.3 is 10.2 Å². The standard InChI is InChI=1S/C12H14N4O3S/c17-9(5-16-6-10(18)15-12(16)19)14-11-13-7-3-1-2-4-8(7)20-11/h1-6H2,(H,13,14,17)(H,15,18,19). The maximum atomic E-state index is 11.9. The van der Waals surface area contributed by atoms with Gasteiger partial charge in [0.25, 0.3) is 0 Å². The molecule has 2 heterocycles. The number of amides is 4. The molecule has 3 rings (SSSR count). The van der Waals surface area contributed by atoms with E-state index >= 15 is 0 Å². The summed E-state index contributed by atoms with van der Waals surface area (Å²) in [6.45, 7) is -0.206. The predicted octanol–water partition coefficient (Wildman–Crippen LogP) is 0.512. The van der Waals surface area contributed by atoms with E-state index in [1.807, 2.05) is 0 Å². The molecule has 106 valence electrons. The van der Waals surface area contributed by atoms with E-state index in [0.717, 1.165) is 25.0 Å². The number of carbonyl (C=O) groups is 3. The highest BCUT2D eigenvalue weighted by Gasteiger charge is 2.28. The third-order valence-electron chi connectivity index (χ3n) is 3.29. The van der Waals surface area contributed by atoms with Crippen LogP contribution in [0.3, 0.4) is 0 Å².